The van der Waals surface area contributed by atoms with E-state index < -0.39 is 15.8 Å². The first kappa shape index (κ1) is 15.4. The van der Waals surface area contributed by atoms with Gasteiger partial charge in [-0.15, -0.1) is 0 Å². The van der Waals surface area contributed by atoms with Crippen LogP contribution in [0.2, 0.25) is 0 Å². The summed E-state index contributed by atoms with van der Waals surface area (Å²) in [6.07, 6.45) is 1.68. The highest BCUT2D eigenvalue weighted by Crippen LogP contribution is 2.26. The van der Waals surface area contributed by atoms with Gasteiger partial charge in [-0.25, -0.2) is 12.8 Å². The molecule has 0 amide bonds. The summed E-state index contributed by atoms with van der Waals surface area (Å²) < 4.78 is 40.4. The van der Waals surface area contributed by atoms with Crippen LogP contribution in [0.1, 0.15) is 25.3 Å². The summed E-state index contributed by atoms with van der Waals surface area (Å²) >= 11 is 0. The van der Waals surface area contributed by atoms with Crippen molar-refractivity contribution in [2.24, 2.45) is 11.7 Å². The normalized spacial score (nSPS) is 22.7. The predicted molar refractivity (Wildman–Crippen MR) is 76.3 cm³/mol. The van der Waals surface area contributed by atoms with E-state index in [9.17, 15) is 12.8 Å². The van der Waals surface area contributed by atoms with Crippen molar-refractivity contribution in [2.45, 2.75) is 37.6 Å². The smallest absolute Gasteiger partial charge is 0.246 e. The molecule has 2 atom stereocenters. The highest BCUT2D eigenvalue weighted by atomic mass is 32.2. The molecule has 2 N–H and O–H groups in total. The van der Waals surface area contributed by atoms with Crippen molar-refractivity contribution in [1.29, 1.82) is 0 Å². The molecule has 0 spiro atoms. The third-order valence-electron chi connectivity index (χ3n) is 3.87. The van der Waals surface area contributed by atoms with Gasteiger partial charge in [0.05, 0.1) is 0 Å². The minimum Gasteiger partial charge on any atom is -0.328 e. The molecule has 1 saturated heterocycles. The number of nitrogens with zero attached hydrogens (tertiary/aromatic N) is 1. The summed E-state index contributed by atoms with van der Waals surface area (Å²) in [5, 5.41) is 0. The van der Waals surface area contributed by atoms with Crippen LogP contribution >= 0.6 is 0 Å². The number of nitrogens with two attached hydrogens (primary N) is 1. The fraction of sp³-hybridized carbons (Fsp3) is 0.571. The lowest BCUT2D eigenvalue weighted by molar-refractivity contribution is 0.242. The van der Waals surface area contributed by atoms with Crippen LogP contribution in [-0.4, -0.2) is 31.9 Å². The van der Waals surface area contributed by atoms with E-state index in [2.05, 4.69) is 0 Å². The van der Waals surface area contributed by atoms with Crippen LogP contribution in [0.15, 0.2) is 23.1 Å². The lowest BCUT2D eigenvalue weighted by Crippen LogP contribution is -2.45. The second kappa shape index (κ2) is 5.79. The molecular formula is C14H21FN2O2S. The highest BCUT2D eigenvalue weighted by Gasteiger charge is 2.33. The quantitative estimate of drug-likeness (QED) is 0.927. The zero-order chi connectivity index (χ0) is 14.9. The summed E-state index contributed by atoms with van der Waals surface area (Å²) in [4.78, 5) is -0.233. The second-order valence-corrected chi connectivity index (χ2v) is 7.46. The average Bonchev–Trinajstić information content (AvgIpc) is 2.41. The standard InChI is InChI=1S/C14H21FN2O2S/c1-10-5-6-13(15)14(8-10)20(18,19)17-7-3-4-12(9-17)11(2)16/h5-6,8,11-12H,3-4,7,9,16H2,1-2H3/t11-,12-/m1/s1. The van der Waals surface area contributed by atoms with E-state index in [0.717, 1.165) is 18.4 Å². The number of hydrogen-bond acceptors (Lipinski definition) is 3. The molecule has 4 nitrogen and oxygen atoms in total. The van der Waals surface area contributed by atoms with Gasteiger partial charge in [-0.1, -0.05) is 6.07 Å². The Morgan fingerprint density at radius 3 is 2.80 bits per heavy atom. The Bertz CT molecular complexity index is 587. The maximum Gasteiger partial charge on any atom is 0.246 e. The summed E-state index contributed by atoms with van der Waals surface area (Å²) in [7, 11) is -3.78. The first-order valence-electron chi connectivity index (χ1n) is 6.84. The van der Waals surface area contributed by atoms with Crippen LogP contribution in [0.3, 0.4) is 0 Å². The summed E-state index contributed by atoms with van der Waals surface area (Å²) in [6, 6.07) is 4.10. The average molecular weight is 300 g/mol. The molecule has 1 aromatic rings. The third-order valence-corrected chi connectivity index (χ3v) is 5.75. The van der Waals surface area contributed by atoms with Gasteiger partial charge in [0, 0.05) is 19.1 Å². The molecule has 1 aliphatic heterocycles. The van der Waals surface area contributed by atoms with Crippen molar-refractivity contribution in [3.63, 3.8) is 0 Å². The van der Waals surface area contributed by atoms with Crippen LogP contribution in [0.25, 0.3) is 0 Å². The van der Waals surface area contributed by atoms with Gasteiger partial charge in [0.15, 0.2) is 0 Å². The molecule has 0 saturated carbocycles. The Balaban J connectivity index is 2.32. The Morgan fingerprint density at radius 2 is 2.15 bits per heavy atom. The topological polar surface area (TPSA) is 63.4 Å². The molecule has 0 radical (unpaired) electrons. The van der Waals surface area contributed by atoms with Crippen LogP contribution in [0, 0.1) is 18.7 Å². The van der Waals surface area contributed by atoms with Crippen molar-refractivity contribution in [1.82, 2.24) is 4.31 Å². The van der Waals surface area contributed by atoms with Crippen LogP contribution in [-0.2, 0) is 10.0 Å². The third kappa shape index (κ3) is 3.02. The van der Waals surface area contributed by atoms with Crippen molar-refractivity contribution in [3.8, 4) is 0 Å². The molecule has 1 heterocycles. The Morgan fingerprint density at radius 1 is 1.45 bits per heavy atom. The number of aryl methyl sites for hydroxylation is 1. The molecule has 0 aromatic heterocycles. The molecule has 1 fully saturated rings. The summed E-state index contributed by atoms with van der Waals surface area (Å²) in [5.41, 5.74) is 6.60. The van der Waals surface area contributed by atoms with E-state index in [1.807, 2.05) is 6.92 Å². The number of halogens is 1. The van der Waals surface area contributed by atoms with Gasteiger partial charge in [0.1, 0.15) is 10.7 Å². The molecule has 0 bridgehead atoms. The van der Waals surface area contributed by atoms with E-state index in [0.29, 0.717) is 13.1 Å². The molecule has 1 aliphatic rings. The number of sulfonamides is 1. The van der Waals surface area contributed by atoms with E-state index in [1.54, 1.807) is 13.0 Å². The zero-order valence-corrected chi connectivity index (χ0v) is 12.7. The maximum atomic E-state index is 13.8. The van der Waals surface area contributed by atoms with Gasteiger partial charge in [-0.05, 0) is 50.3 Å². The van der Waals surface area contributed by atoms with E-state index in [4.69, 9.17) is 5.73 Å². The van der Waals surface area contributed by atoms with Gasteiger partial charge in [-0.3, -0.25) is 0 Å². The zero-order valence-electron chi connectivity index (χ0n) is 11.8. The Kier molecular flexibility index (Phi) is 4.46. The monoisotopic (exact) mass is 300 g/mol. The number of piperidine rings is 1. The van der Waals surface area contributed by atoms with Crippen LogP contribution in [0.4, 0.5) is 4.39 Å². The van der Waals surface area contributed by atoms with Gasteiger partial charge < -0.3 is 5.73 Å². The first-order valence-corrected chi connectivity index (χ1v) is 8.28. The molecule has 0 unspecified atom stereocenters. The van der Waals surface area contributed by atoms with Crippen molar-refractivity contribution in [3.05, 3.63) is 29.6 Å². The van der Waals surface area contributed by atoms with Crippen molar-refractivity contribution in [2.75, 3.05) is 13.1 Å². The van der Waals surface area contributed by atoms with Gasteiger partial charge in [-0.2, -0.15) is 4.31 Å². The number of rotatable bonds is 3. The van der Waals surface area contributed by atoms with Crippen LogP contribution in [0.5, 0.6) is 0 Å². The molecule has 6 heteroatoms. The first-order chi connectivity index (χ1) is 9.32. The van der Waals surface area contributed by atoms with Gasteiger partial charge >= 0.3 is 0 Å². The molecule has 1 aromatic carbocycles. The summed E-state index contributed by atoms with van der Waals surface area (Å²) in [6.45, 7) is 4.43. The molecule has 20 heavy (non-hydrogen) atoms. The fourth-order valence-electron chi connectivity index (χ4n) is 2.57. The maximum absolute atomic E-state index is 13.8. The molecule has 0 aliphatic carbocycles. The lowest BCUT2D eigenvalue weighted by atomic mass is 9.93. The molecule has 112 valence electrons. The molecule has 2 rings (SSSR count). The minimum absolute atomic E-state index is 0.0599. The Hall–Kier alpha value is -0.980. The van der Waals surface area contributed by atoms with E-state index in [1.165, 1.54) is 16.4 Å². The molecular weight excluding hydrogens is 279 g/mol. The predicted octanol–water partition coefficient (Wildman–Crippen LogP) is 1.88. The summed E-state index contributed by atoms with van der Waals surface area (Å²) in [5.74, 6) is -0.565. The fourth-order valence-corrected chi connectivity index (χ4v) is 4.25. The van der Waals surface area contributed by atoms with Gasteiger partial charge in [0.2, 0.25) is 10.0 Å². The minimum atomic E-state index is -3.78. The van der Waals surface area contributed by atoms with E-state index >= 15 is 0 Å². The number of benzene rings is 1. The number of hydrogen-bond donors (Lipinski definition) is 1. The van der Waals surface area contributed by atoms with Crippen molar-refractivity contribution < 1.29 is 12.8 Å². The second-order valence-electron chi connectivity index (χ2n) is 5.56. The SMILES string of the molecule is Cc1ccc(F)c(S(=O)(=O)N2CCC[C@@H]([C@@H](C)N)C2)c1. The van der Waals surface area contributed by atoms with Crippen LogP contribution < -0.4 is 5.73 Å². The lowest BCUT2D eigenvalue weighted by Gasteiger charge is -2.33. The highest BCUT2D eigenvalue weighted by molar-refractivity contribution is 7.89. The Labute approximate surface area is 119 Å². The van der Waals surface area contributed by atoms with E-state index in [-0.39, 0.29) is 16.9 Å². The van der Waals surface area contributed by atoms with Crippen molar-refractivity contribution >= 4 is 10.0 Å². The largest absolute Gasteiger partial charge is 0.328 e. The van der Waals surface area contributed by atoms with Gasteiger partial charge in [0.25, 0.3) is 0 Å².